The van der Waals surface area contributed by atoms with E-state index in [9.17, 15) is 0 Å². The Balaban J connectivity index is 2.07. The van der Waals surface area contributed by atoms with Crippen LogP contribution < -0.4 is 0 Å². The molecule has 0 atom stereocenters. The molecule has 1 aromatic heterocycles. The largest absolute Gasteiger partial charge is 0.384 e. The molecule has 4 heteroatoms. The van der Waals surface area contributed by atoms with E-state index in [-0.39, 0.29) is 6.61 Å². The van der Waals surface area contributed by atoms with Crippen molar-refractivity contribution in [1.29, 1.82) is 0 Å². The fourth-order valence-electron chi connectivity index (χ4n) is 1.34. The molecule has 4 nitrogen and oxygen atoms in total. The predicted octanol–water partition coefficient (Wildman–Crippen LogP) is 0.670. The number of hydrogen-bond acceptors (Lipinski definition) is 3. The zero-order valence-corrected chi connectivity index (χ0v) is 8.67. The van der Waals surface area contributed by atoms with Crippen LogP contribution in [0.15, 0.2) is 36.9 Å². The lowest BCUT2D eigenvalue weighted by Gasteiger charge is -2.00. The highest BCUT2D eigenvalue weighted by atomic mass is 16.2. The predicted molar refractivity (Wildman–Crippen MR) is 59.5 cm³/mol. The first kappa shape index (κ1) is 10.4. The van der Waals surface area contributed by atoms with Gasteiger partial charge in [-0.05, 0) is 17.7 Å². The minimum absolute atomic E-state index is 0.110. The molecule has 16 heavy (non-hydrogen) atoms. The van der Waals surface area contributed by atoms with E-state index in [4.69, 9.17) is 5.11 Å². The normalized spacial score (nSPS) is 9.56. The van der Waals surface area contributed by atoms with Crippen LogP contribution >= 0.6 is 0 Å². The van der Waals surface area contributed by atoms with Gasteiger partial charge in [0.2, 0.25) is 0 Å². The van der Waals surface area contributed by atoms with Crippen LogP contribution in [0.4, 0.5) is 0 Å². The van der Waals surface area contributed by atoms with Crippen LogP contribution in [0, 0.1) is 11.8 Å². The van der Waals surface area contributed by atoms with E-state index in [1.165, 1.54) is 6.33 Å². The summed E-state index contributed by atoms with van der Waals surface area (Å²) in [5.74, 6) is 5.45. The van der Waals surface area contributed by atoms with E-state index in [1.807, 2.05) is 24.3 Å². The van der Waals surface area contributed by atoms with Gasteiger partial charge in [-0.25, -0.2) is 9.67 Å². The zero-order chi connectivity index (χ0) is 11.2. The Kier molecular flexibility index (Phi) is 3.31. The summed E-state index contributed by atoms with van der Waals surface area (Å²) in [7, 11) is 0. The minimum Gasteiger partial charge on any atom is -0.384 e. The van der Waals surface area contributed by atoms with E-state index in [0.717, 1.165) is 11.1 Å². The Hall–Kier alpha value is -2.12. The maximum absolute atomic E-state index is 8.56. The number of aliphatic hydroxyl groups excluding tert-OH is 1. The summed E-state index contributed by atoms with van der Waals surface area (Å²) in [6.45, 7) is 0.592. The number of nitrogens with zero attached hydrogens (tertiary/aromatic N) is 3. The van der Waals surface area contributed by atoms with Crippen LogP contribution in [0.2, 0.25) is 0 Å². The van der Waals surface area contributed by atoms with Crippen molar-refractivity contribution in [1.82, 2.24) is 14.8 Å². The average molecular weight is 213 g/mol. The van der Waals surface area contributed by atoms with E-state index in [0.29, 0.717) is 6.54 Å². The lowest BCUT2D eigenvalue weighted by atomic mass is 10.1. The lowest BCUT2D eigenvalue weighted by molar-refractivity contribution is 0.350. The SMILES string of the molecule is OCC#Cc1ccc(Cn2cncn2)cc1. The van der Waals surface area contributed by atoms with Crippen molar-refractivity contribution in [3.8, 4) is 11.8 Å². The molecule has 0 unspecified atom stereocenters. The van der Waals surface area contributed by atoms with E-state index >= 15 is 0 Å². The molecule has 0 radical (unpaired) electrons. The molecule has 0 spiro atoms. The summed E-state index contributed by atoms with van der Waals surface area (Å²) >= 11 is 0. The van der Waals surface area contributed by atoms with Crippen LogP contribution in [0.1, 0.15) is 11.1 Å². The van der Waals surface area contributed by atoms with E-state index in [1.54, 1.807) is 11.0 Å². The third-order valence-electron chi connectivity index (χ3n) is 2.08. The lowest BCUT2D eigenvalue weighted by Crippen LogP contribution is -1.99. The second kappa shape index (κ2) is 5.10. The monoisotopic (exact) mass is 213 g/mol. The molecule has 1 heterocycles. The molecule has 2 aromatic rings. The number of aliphatic hydroxyl groups is 1. The summed E-state index contributed by atoms with van der Waals surface area (Å²) in [6.07, 6.45) is 3.20. The third-order valence-corrected chi connectivity index (χ3v) is 2.08. The molecule has 1 N–H and O–H groups in total. The van der Waals surface area contributed by atoms with Crippen LogP contribution in [-0.2, 0) is 6.54 Å². The van der Waals surface area contributed by atoms with Gasteiger partial charge in [-0.3, -0.25) is 0 Å². The van der Waals surface area contributed by atoms with E-state index < -0.39 is 0 Å². The Labute approximate surface area is 93.6 Å². The molecule has 1 aromatic carbocycles. The molecular weight excluding hydrogens is 202 g/mol. The molecule has 0 aliphatic heterocycles. The highest BCUT2D eigenvalue weighted by molar-refractivity contribution is 5.36. The number of rotatable bonds is 2. The van der Waals surface area contributed by atoms with Gasteiger partial charge < -0.3 is 5.11 Å². The Bertz CT molecular complexity index is 491. The molecule has 0 bridgehead atoms. The minimum atomic E-state index is -0.110. The summed E-state index contributed by atoms with van der Waals surface area (Å²) < 4.78 is 1.76. The summed E-state index contributed by atoms with van der Waals surface area (Å²) in [6, 6.07) is 7.83. The van der Waals surface area contributed by atoms with Gasteiger partial charge in [-0.2, -0.15) is 5.10 Å². The highest BCUT2D eigenvalue weighted by Gasteiger charge is 1.95. The van der Waals surface area contributed by atoms with Gasteiger partial charge in [0.05, 0.1) is 6.54 Å². The molecule has 0 aliphatic rings. The van der Waals surface area contributed by atoms with Crippen molar-refractivity contribution < 1.29 is 5.11 Å². The summed E-state index contributed by atoms with van der Waals surface area (Å²) in [5, 5.41) is 12.6. The van der Waals surface area contributed by atoms with Gasteiger partial charge in [-0.1, -0.05) is 24.0 Å². The fraction of sp³-hybridized carbons (Fsp3) is 0.167. The van der Waals surface area contributed by atoms with E-state index in [2.05, 4.69) is 21.9 Å². The molecule has 0 amide bonds. The Morgan fingerprint density at radius 3 is 2.69 bits per heavy atom. The fourth-order valence-corrected chi connectivity index (χ4v) is 1.34. The zero-order valence-electron chi connectivity index (χ0n) is 8.67. The van der Waals surface area contributed by atoms with Crippen LogP contribution in [0.3, 0.4) is 0 Å². The van der Waals surface area contributed by atoms with Gasteiger partial charge >= 0.3 is 0 Å². The summed E-state index contributed by atoms with van der Waals surface area (Å²) in [4.78, 5) is 3.88. The summed E-state index contributed by atoms with van der Waals surface area (Å²) in [5.41, 5.74) is 2.04. The molecule has 0 saturated carbocycles. The standard InChI is InChI=1S/C12H11N3O/c16-7-1-2-11-3-5-12(6-4-11)8-15-10-13-9-14-15/h3-6,9-10,16H,7-8H2. The first-order valence-electron chi connectivity index (χ1n) is 4.89. The van der Waals surface area contributed by atoms with Crippen molar-refractivity contribution >= 4 is 0 Å². The van der Waals surface area contributed by atoms with Crippen molar-refractivity contribution in [2.45, 2.75) is 6.54 Å². The number of benzene rings is 1. The van der Waals surface area contributed by atoms with Crippen LogP contribution in [0.5, 0.6) is 0 Å². The molecule has 0 saturated heterocycles. The van der Waals surface area contributed by atoms with Gasteiger partial charge in [-0.15, -0.1) is 0 Å². The van der Waals surface area contributed by atoms with Crippen molar-refractivity contribution in [3.63, 3.8) is 0 Å². The third kappa shape index (κ3) is 2.69. The molecule has 2 rings (SSSR count). The van der Waals surface area contributed by atoms with Gasteiger partial charge in [0, 0.05) is 5.56 Å². The second-order valence-electron chi connectivity index (χ2n) is 3.25. The second-order valence-corrected chi connectivity index (χ2v) is 3.25. The first-order chi connectivity index (χ1) is 7.88. The Morgan fingerprint density at radius 2 is 2.06 bits per heavy atom. The number of hydrogen-bond donors (Lipinski definition) is 1. The quantitative estimate of drug-likeness (QED) is 0.746. The maximum atomic E-state index is 8.56. The number of aromatic nitrogens is 3. The van der Waals surface area contributed by atoms with Gasteiger partial charge in [0.1, 0.15) is 19.3 Å². The smallest absolute Gasteiger partial charge is 0.137 e. The average Bonchev–Trinajstić information content (AvgIpc) is 2.81. The van der Waals surface area contributed by atoms with Gasteiger partial charge in [0.15, 0.2) is 0 Å². The van der Waals surface area contributed by atoms with Crippen LogP contribution in [0.25, 0.3) is 0 Å². The van der Waals surface area contributed by atoms with Crippen molar-refractivity contribution in [2.24, 2.45) is 0 Å². The van der Waals surface area contributed by atoms with Gasteiger partial charge in [0.25, 0.3) is 0 Å². The topological polar surface area (TPSA) is 50.9 Å². The molecule has 0 fully saturated rings. The maximum Gasteiger partial charge on any atom is 0.137 e. The Morgan fingerprint density at radius 1 is 1.25 bits per heavy atom. The molecule has 80 valence electrons. The van der Waals surface area contributed by atoms with Crippen molar-refractivity contribution in [2.75, 3.05) is 6.61 Å². The molecule has 0 aliphatic carbocycles. The van der Waals surface area contributed by atoms with Crippen LogP contribution in [-0.4, -0.2) is 26.5 Å². The molecular formula is C12H11N3O. The highest BCUT2D eigenvalue weighted by Crippen LogP contribution is 2.04. The first-order valence-corrected chi connectivity index (χ1v) is 4.89. The van der Waals surface area contributed by atoms with Crippen molar-refractivity contribution in [3.05, 3.63) is 48.0 Å².